The summed E-state index contributed by atoms with van der Waals surface area (Å²) in [6, 6.07) is 0.0479. The van der Waals surface area contributed by atoms with Crippen LogP contribution in [0.2, 0.25) is 0 Å². The zero-order chi connectivity index (χ0) is 13.0. The molecule has 0 aromatic heterocycles. The van der Waals surface area contributed by atoms with Crippen molar-refractivity contribution in [2.75, 3.05) is 26.7 Å². The van der Waals surface area contributed by atoms with Crippen LogP contribution < -0.4 is 5.32 Å². The Morgan fingerprint density at radius 2 is 2.06 bits per heavy atom. The predicted molar refractivity (Wildman–Crippen MR) is 67.0 cm³/mol. The fourth-order valence-electron chi connectivity index (χ4n) is 2.67. The van der Waals surface area contributed by atoms with E-state index in [1.165, 1.54) is 7.11 Å². The molecule has 2 rings (SSSR count). The molecule has 1 atom stereocenters. The quantitative estimate of drug-likeness (QED) is 0.744. The molecule has 2 saturated heterocycles. The molecule has 102 valence electrons. The SMILES string of the molecule is COC(=O)CC1CCCCN1C(=O)CC1CNC1. The third-order valence-corrected chi connectivity index (χ3v) is 3.91. The van der Waals surface area contributed by atoms with Crippen LogP contribution >= 0.6 is 0 Å². The summed E-state index contributed by atoms with van der Waals surface area (Å²) in [5.74, 6) is 0.471. The molecule has 5 nitrogen and oxygen atoms in total. The Morgan fingerprint density at radius 3 is 2.67 bits per heavy atom. The van der Waals surface area contributed by atoms with Gasteiger partial charge in [0.25, 0.3) is 0 Å². The number of carbonyl (C=O) groups is 2. The highest BCUT2D eigenvalue weighted by Crippen LogP contribution is 2.22. The Labute approximate surface area is 108 Å². The van der Waals surface area contributed by atoms with Crippen molar-refractivity contribution < 1.29 is 14.3 Å². The number of hydrogen-bond donors (Lipinski definition) is 1. The highest BCUT2D eigenvalue weighted by Gasteiger charge is 2.31. The van der Waals surface area contributed by atoms with E-state index in [1.54, 1.807) is 0 Å². The molecule has 2 aliphatic rings. The van der Waals surface area contributed by atoms with Crippen molar-refractivity contribution in [3.63, 3.8) is 0 Å². The summed E-state index contributed by atoms with van der Waals surface area (Å²) in [6.45, 7) is 2.68. The van der Waals surface area contributed by atoms with Gasteiger partial charge in [0.1, 0.15) is 0 Å². The second kappa shape index (κ2) is 6.18. The molecule has 0 radical (unpaired) electrons. The van der Waals surface area contributed by atoms with Gasteiger partial charge >= 0.3 is 5.97 Å². The van der Waals surface area contributed by atoms with Crippen LogP contribution in [-0.4, -0.2) is 49.6 Å². The first-order chi connectivity index (χ1) is 8.70. The number of methoxy groups -OCH3 is 1. The lowest BCUT2D eigenvalue weighted by atomic mass is 9.95. The van der Waals surface area contributed by atoms with Crippen molar-refractivity contribution in [1.29, 1.82) is 0 Å². The van der Waals surface area contributed by atoms with Crippen LogP contribution in [0, 0.1) is 5.92 Å². The topological polar surface area (TPSA) is 58.6 Å². The fraction of sp³-hybridized carbons (Fsp3) is 0.846. The number of amides is 1. The molecule has 18 heavy (non-hydrogen) atoms. The van der Waals surface area contributed by atoms with Gasteiger partial charge in [-0.25, -0.2) is 0 Å². The van der Waals surface area contributed by atoms with Gasteiger partial charge in [-0.3, -0.25) is 9.59 Å². The largest absolute Gasteiger partial charge is 0.469 e. The van der Waals surface area contributed by atoms with E-state index in [0.717, 1.165) is 38.9 Å². The first kappa shape index (κ1) is 13.3. The number of piperidine rings is 1. The Morgan fingerprint density at radius 1 is 1.28 bits per heavy atom. The van der Waals surface area contributed by atoms with Crippen molar-refractivity contribution in [2.45, 2.75) is 38.1 Å². The minimum atomic E-state index is -0.218. The minimum Gasteiger partial charge on any atom is -0.469 e. The summed E-state index contributed by atoms with van der Waals surface area (Å²) in [7, 11) is 1.40. The first-order valence-electron chi connectivity index (χ1n) is 6.77. The Hall–Kier alpha value is -1.10. The van der Waals surface area contributed by atoms with Crippen LogP contribution in [0.25, 0.3) is 0 Å². The second-order valence-corrected chi connectivity index (χ2v) is 5.25. The van der Waals surface area contributed by atoms with Gasteiger partial charge in [-0.15, -0.1) is 0 Å². The number of rotatable bonds is 4. The number of nitrogens with one attached hydrogen (secondary N) is 1. The molecule has 0 aliphatic carbocycles. The monoisotopic (exact) mass is 254 g/mol. The van der Waals surface area contributed by atoms with Gasteiger partial charge in [0.2, 0.25) is 5.91 Å². The third kappa shape index (κ3) is 3.22. The van der Waals surface area contributed by atoms with E-state index in [4.69, 9.17) is 4.74 Å². The van der Waals surface area contributed by atoms with Gasteiger partial charge in [-0.2, -0.15) is 0 Å². The highest BCUT2D eigenvalue weighted by molar-refractivity contribution is 5.78. The molecular weight excluding hydrogens is 232 g/mol. The van der Waals surface area contributed by atoms with Crippen LogP contribution in [0.4, 0.5) is 0 Å². The molecule has 2 fully saturated rings. The van der Waals surface area contributed by atoms with E-state index < -0.39 is 0 Å². The summed E-state index contributed by atoms with van der Waals surface area (Å²) in [4.78, 5) is 25.5. The molecule has 2 heterocycles. The van der Waals surface area contributed by atoms with Gasteiger partial charge in [-0.05, 0) is 38.3 Å². The molecule has 2 aliphatic heterocycles. The Kier molecular flexibility index (Phi) is 4.58. The van der Waals surface area contributed by atoms with E-state index in [-0.39, 0.29) is 17.9 Å². The zero-order valence-electron chi connectivity index (χ0n) is 11.0. The third-order valence-electron chi connectivity index (χ3n) is 3.91. The van der Waals surface area contributed by atoms with Crippen LogP contribution in [-0.2, 0) is 14.3 Å². The maximum atomic E-state index is 12.2. The van der Waals surface area contributed by atoms with Crippen LogP contribution in [0.5, 0.6) is 0 Å². The molecule has 0 spiro atoms. The molecule has 5 heteroatoms. The standard InChI is InChI=1S/C13H22N2O3/c1-18-13(17)7-11-4-2-3-5-15(11)12(16)6-10-8-14-9-10/h10-11,14H,2-9H2,1H3. The predicted octanol–water partition coefficient (Wildman–Crippen LogP) is 0.540. The van der Waals surface area contributed by atoms with E-state index in [2.05, 4.69) is 5.32 Å². The van der Waals surface area contributed by atoms with Crippen LogP contribution in [0.1, 0.15) is 32.1 Å². The van der Waals surface area contributed by atoms with Crippen molar-refractivity contribution >= 4 is 11.9 Å². The maximum Gasteiger partial charge on any atom is 0.307 e. The van der Waals surface area contributed by atoms with Crippen LogP contribution in [0.15, 0.2) is 0 Å². The van der Waals surface area contributed by atoms with E-state index in [0.29, 0.717) is 18.8 Å². The smallest absolute Gasteiger partial charge is 0.307 e. The number of esters is 1. The number of hydrogen-bond acceptors (Lipinski definition) is 4. The molecule has 0 aromatic rings. The summed E-state index contributed by atoms with van der Waals surface area (Å²) >= 11 is 0. The van der Waals surface area contributed by atoms with Gasteiger partial charge < -0.3 is 15.0 Å². The van der Waals surface area contributed by atoms with Crippen molar-refractivity contribution in [3.05, 3.63) is 0 Å². The Bertz CT molecular complexity index is 315. The van der Waals surface area contributed by atoms with Crippen molar-refractivity contribution in [1.82, 2.24) is 10.2 Å². The van der Waals surface area contributed by atoms with Crippen molar-refractivity contribution in [2.24, 2.45) is 5.92 Å². The number of nitrogens with zero attached hydrogens (tertiary/aromatic N) is 1. The van der Waals surface area contributed by atoms with E-state index in [1.807, 2.05) is 4.90 Å². The molecule has 1 N–H and O–H groups in total. The maximum absolute atomic E-state index is 12.2. The molecule has 1 unspecified atom stereocenters. The van der Waals surface area contributed by atoms with Crippen LogP contribution in [0.3, 0.4) is 0 Å². The molecular formula is C13H22N2O3. The fourth-order valence-corrected chi connectivity index (χ4v) is 2.67. The summed E-state index contributed by atoms with van der Waals surface area (Å²) in [5, 5.41) is 3.18. The second-order valence-electron chi connectivity index (χ2n) is 5.25. The molecule has 1 amide bonds. The average Bonchev–Trinajstić information content (AvgIpc) is 2.34. The number of likely N-dealkylation sites (tertiary alicyclic amines) is 1. The lowest BCUT2D eigenvalue weighted by Gasteiger charge is -2.37. The van der Waals surface area contributed by atoms with Gasteiger partial charge in [0, 0.05) is 19.0 Å². The first-order valence-corrected chi connectivity index (χ1v) is 6.77. The number of carbonyl (C=O) groups excluding carboxylic acids is 2. The normalized spacial score (nSPS) is 24.5. The lowest BCUT2D eigenvalue weighted by molar-refractivity contribution is -0.145. The van der Waals surface area contributed by atoms with Crippen molar-refractivity contribution in [3.8, 4) is 0 Å². The molecule has 0 saturated carbocycles. The number of ether oxygens (including phenoxy) is 1. The van der Waals surface area contributed by atoms with Gasteiger partial charge in [0.05, 0.1) is 13.5 Å². The van der Waals surface area contributed by atoms with Gasteiger partial charge in [0.15, 0.2) is 0 Å². The zero-order valence-corrected chi connectivity index (χ0v) is 11.0. The molecule has 0 bridgehead atoms. The van der Waals surface area contributed by atoms with E-state index >= 15 is 0 Å². The summed E-state index contributed by atoms with van der Waals surface area (Å²) in [5.41, 5.74) is 0. The summed E-state index contributed by atoms with van der Waals surface area (Å²) in [6.07, 6.45) is 4.02. The lowest BCUT2D eigenvalue weighted by Crippen LogP contribution is -2.49. The Balaban J connectivity index is 1.89. The van der Waals surface area contributed by atoms with E-state index in [9.17, 15) is 9.59 Å². The minimum absolute atomic E-state index is 0.0479. The van der Waals surface area contributed by atoms with Gasteiger partial charge in [-0.1, -0.05) is 0 Å². The highest BCUT2D eigenvalue weighted by atomic mass is 16.5. The summed E-state index contributed by atoms with van der Waals surface area (Å²) < 4.78 is 4.71. The average molecular weight is 254 g/mol. The molecule has 0 aromatic carbocycles.